The fraction of sp³-hybridized carbons (Fsp3) is 0.294. The third-order valence-electron chi connectivity index (χ3n) is 7.23. The smallest absolute Gasteiger partial charge is 0.338 e. The van der Waals surface area contributed by atoms with Crippen LogP contribution in [0.25, 0.3) is 11.1 Å². The highest BCUT2D eigenvalue weighted by Crippen LogP contribution is 2.40. The number of aromatic amines is 1. The van der Waals surface area contributed by atoms with E-state index in [-0.39, 0.29) is 5.97 Å². The van der Waals surface area contributed by atoms with Gasteiger partial charge in [0.05, 0.1) is 23.6 Å². The number of para-hydroxylation sites is 1. The van der Waals surface area contributed by atoms with Crippen molar-refractivity contribution < 1.29 is 9.53 Å². The van der Waals surface area contributed by atoms with E-state index in [1.54, 1.807) is 0 Å². The number of benzene rings is 3. The minimum atomic E-state index is -0.268. The second kappa shape index (κ2) is 13.1. The Morgan fingerprint density at radius 3 is 2.18 bits per heavy atom. The maximum atomic E-state index is 13.3. The molecule has 0 atom stereocenters. The van der Waals surface area contributed by atoms with Gasteiger partial charge in [-0.1, -0.05) is 106 Å². The van der Waals surface area contributed by atoms with E-state index in [4.69, 9.17) is 9.84 Å². The lowest BCUT2D eigenvalue weighted by Gasteiger charge is -2.19. The van der Waals surface area contributed by atoms with Gasteiger partial charge in [-0.2, -0.15) is 5.10 Å². The van der Waals surface area contributed by atoms with Gasteiger partial charge in [0.15, 0.2) is 0 Å². The Morgan fingerprint density at radius 2 is 1.44 bits per heavy atom. The van der Waals surface area contributed by atoms with Crippen LogP contribution in [0.4, 0.5) is 11.5 Å². The number of fused-ring (bicyclic) bond motifs is 3. The number of esters is 1. The largest absolute Gasteiger partial charge is 0.462 e. The van der Waals surface area contributed by atoms with Crippen molar-refractivity contribution >= 4 is 23.2 Å². The molecule has 5 heteroatoms. The van der Waals surface area contributed by atoms with Gasteiger partial charge in [0.25, 0.3) is 0 Å². The van der Waals surface area contributed by atoms with Crippen LogP contribution in [0, 0.1) is 0 Å². The van der Waals surface area contributed by atoms with Gasteiger partial charge in [-0.05, 0) is 42.3 Å². The molecule has 1 aromatic heterocycles. The average Bonchev–Trinajstić information content (AvgIpc) is 3.62. The first-order valence-electron chi connectivity index (χ1n) is 14.3. The Morgan fingerprint density at radius 1 is 0.744 bits per heavy atom. The van der Waals surface area contributed by atoms with E-state index in [0.717, 1.165) is 52.3 Å². The summed E-state index contributed by atoms with van der Waals surface area (Å²) in [7, 11) is 0. The van der Waals surface area contributed by atoms with E-state index in [1.165, 1.54) is 38.5 Å². The van der Waals surface area contributed by atoms with Gasteiger partial charge in [-0.3, -0.25) is 0 Å². The Kier molecular flexibility index (Phi) is 8.90. The number of nitrogens with one attached hydrogen (secondary N) is 1. The molecule has 0 unspecified atom stereocenters. The molecule has 39 heavy (non-hydrogen) atoms. The standard InChI is InChI=1S/C34H37N3O2/c1-2-3-4-5-6-7-8-14-25-39-34(38)30-22-15-21-29-32(30)27-19-12-13-20-28(27)33(29)36-37(31-23-16-24-35-31)26-17-10-9-11-18-26/h9-13,15-24,35H,2-8,14,25H2,1H3/b36-33+. The first-order valence-corrected chi connectivity index (χ1v) is 14.3. The van der Waals surface area contributed by atoms with Crippen LogP contribution in [0.1, 0.15) is 79.8 Å². The minimum Gasteiger partial charge on any atom is -0.462 e. The number of rotatable bonds is 13. The number of unbranched alkanes of at least 4 members (excludes halogenated alkanes) is 7. The lowest BCUT2D eigenvalue weighted by Crippen LogP contribution is -2.14. The highest BCUT2D eigenvalue weighted by molar-refractivity contribution is 6.27. The number of carbonyl (C=O) groups is 1. The summed E-state index contributed by atoms with van der Waals surface area (Å²) in [6, 6.07) is 28.0. The number of ether oxygens (including phenoxy) is 1. The predicted octanol–water partition coefficient (Wildman–Crippen LogP) is 8.88. The molecule has 5 rings (SSSR count). The molecule has 0 fully saturated rings. The van der Waals surface area contributed by atoms with Crippen molar-refractivity contribution in [2.24, 2.45) is 5.10 Å². The van der Waals surface area contributed by atoms with Gasteiger partial charge < -0.3 is 9.72 Å². The maximum absolute atomic E-state index is 13.3. The Hall–Kier alpha value is -4.12. The molecule has 1 N–H and O–H groups in total. The van der Waals surface area contributed by atoms with Crippen molar-refractivity contribution in [1.82, 2.24) is 4.98 Å². The molecule has 5 nitrogen and oxygen atoms in total. The minimum absolute atomic E-state index is 0.268. The van der Waals surface area contributed by atoms with Gasteiger partial charge in [0, 0.05) is 22.9 Å². The molecule has 0 saturated heterocycles. The van der Waals surface area contributed by atoms with Crippen LogP contribution in [0.3, 0.4) is 0 Å². The van der Waals surface area contributed by atoms with E-state index in [9.17, 15) is 4.79 Å². The first kappa shape index (κ1) is 26.5. The summed E-state index contributed by atoms with van der Waals surface area (Å²) >= 11 is 0. The second-order valence-corrected chi connectivity index (χ2v) is 10.0. The van der Waals surface area contributed by atoms with Crippen molar-refractivity contribution in [3.8, 4) is 11.1 Å². The molecule has 1 heterocycles. The molecule has 0 saturated carbocycles. The summed E-state index contributed by atoms with van der Waals surface area (Å²) in [6.45, 7) is 2.69. The summed E-state index contributed by atoms with van der Waals surface area (Å²) in [4.78, 5) is 16.6. The first-order chi connectivity index (χ1) is 19.3. The SMILES string of the molecule is CCCCCCCCCCOC(=O)c1cccc2c1-c1ccccc1/C2=N\N(c1ccccc1)c1ccc[nH]1. The van der Waals surface area contributed by atoms with Crippen LogP contribution < -0.4 is 5.01 Å². The summed E-state index contributed by atoms with van der Waals surface area (Å²) in [5.74, 6) is 0.593. The lowest BCUT2D eigenvalue weighted by molar-refractivity contribution is 0.0498. The molecule has 1 aliphatic rings. The number of hydrazone groups is 1. The van der Waals surface area contributed by atoms with Gasteiger partial charge in [0.2, 0.25) is 0 Å². The molecule has 0 spiro atoms. The van der Waals surface area contributed by atoms with Crippen molar-refractivity contribution in [2.45, 2.75) is 58.3 Å². The van der Waals surface area contributed by atoms with Crippen molar-refractivity contribution in [2.75, 3.05) is 11.6 Å². The zero-order valence-electron chi connectivity index (χ0n) is 22.7. The van der Waals surface area contributed by atoms with Crippen molar-refractivity contribution in [3.63, 3.8) is 0 Å². The maximum Gasteiger partial charge on any atom is 0.338 e. The molecule has 4 aromatic rings. The summed E-state index contributed by atoms with van der Waals surface area (Å²) in [5, 5.41) is 7.07. The second-order valence-electron chi connectivity index (χ2n) is 10.0. The predicted molar refractivity (Wildman–Crippen MR) is 160 cm³/mol. The number of aromatic nitrogens is 1. The monoisotopic (exact) mass is 519 g/mol. The number of hydrogen-bond acceptors (Lipinski definition) is 4. The topological polar surface area (TPSA) is 57.7 Å². The number of carbonyl (C=O) groups excluding carboxylic acids is 1. The average molecular weight is 520 g/mol. The molecule has 0 radical (unpaired) electrons. The normalized spacial score (nSPS) is 12.8. The van der Waals surface area contributed by atoms with E-state index in [2.05, 4.69) is 24.0 Å². The van der Waals surface area contributed by atoms with Crippen LogP contribution in [-0.4, -0.2) is 23.3 Å². The van der Waals surface area contributed by atoms with Crippen LogP contribution >= 0.6 is 0 Å². The molecular formula is C34H37N3O2. The lowest BCUT2D eigenvalue weighted by atomic mass is 9.99. The fourth-order valence-corrected chi connectivity index (χ4v) is 5.22. The zero-order valence-corrected chi connectivity index (χ0v) is 22.7. The zero-order chi connectivity index (χ0) is 26.9. The van der Waals surface area contributed by atoms with Crippen LogP contribution in [0.15, 0.2) is 96.2 Å². The van der Waals surface area contributed by atoms with E-state index in [0.29, 0.717) is 12.2 Å². The fourth-order valence-electron chi connectivity index (χ4n) is 5.22. The summed E-state index contributed by atoms with van der Waals surface area (Å²) < 4.78 is 5.76. The molecule has 0 bridgehead atoms. The molecule has 0 amide bonds. The van der Waals surface area contributed by atoms with Gasteiger partial charge in [-0.25, -0.2) is 9.80 Å². The van der Waals surface area contributed by atoms with E-state index in [1.807, 2.05) is 84.0 Å². The number of nitrogens with zero attached hydrogens (tertiary/aromatic N) is 2. The van der Waals surface area contributed by atoms with Gasteiger partial charge in [0.1, 0.15) is 5.82 Å². The van der Waals surface area contributed by atoms with Crippen molar-refractivity contribution in [3.05, 3.63) is 108 Å². The Bertz CT molecular complexity index is 1390. The third-order valence-corrected chi connectivity index (χ3v) is 7.23. The molecule has 0 aliphatic heterocycles. The molecule has 1 aliphatic carbocycles. The van der Waals surface area contributed by atoms with Crippen LogP contribution in [-0.2, 0) is 4.74 Å². The third kappa shape index (κ3) is 6.14. The van der Waals surface area contributed by atoms with Crippen LogP contribution in [0.5, 0.6) is 0 Å². The quantitative estimate of drug-likeness (QED) is 0.0960. The number of anilines is 2. The Balaban J connectivity index is 1.38. The van der Waals surface area contributed by atoms with Crippen molar-refractivity contribution in [1.29, 1.82) is 0 Å². The van der Waals surface area contributed by atoms with Gasteiger partial charge >= 0.3 is 5.97 Å². The van der Waals surface area contributed by atoms with Crippen LogP contribution in [0.2, 0.25) is 0 Å². The summed E-state index contributed by atoms with van der Waals surface area (Å²) in [5.41, 5.74) is 6.21. The Labute approximate surface area is 231 Å². The molecule has 200 valence electrons. The highest BCUT2D eigenvalue weighted by atomic mass is 16.5. The van der Waals surface area contributed by atoms with Gasteiger partial charge in [-0.15, -0.1) is 0 Å². The number of hydrogen-bond donors (Lipinski definition) is 1. The highest BCUT2D eigenvalue weighted by Gasteiger charge is 2.30. The summed E-state index contributed by atoms with van der Waals surface area (Å²) in [6.07, 6.45) is 11.6. The van der Waals surface area contributed by atoms with E-state index >= 15 is 0 Å². The number of H-pyrrole nitrogens is 1. The molecular weight excluding hydrogens is 482 g/mol. The van der Waals surface area contributed by atoms with E-state index < -0.39 is 0 Å². The molecule has 3 aromatic carbocycles.